The van der Waals surface area contributed by atoms with Gasteiger partial charge < -0.3 is 19.6 Å². The van der Waals surface area contributed by atoms with Crippen LogP contribution < -0.4 is 15.9 Å². The normalized spacial score (nSPS) is 16.9. The first-order valence-corrected chi connectivity index (χ1v) is 13.1. The maximum atomic E-state index is 13.5. The Hall–Kier alpha value is -3.55. The van der Waals surface area contributed by atoms with Gasteiger partial charge in [0.05, 0.1) is 34.2 Å². The maximum absolute atomic E-state index is 13.5. The van der Waals surface area contributed by atoms with Crippen LogP contribution in [0, 0.1) is 0 Å². The fraction of sp³-hybridized carbons (Fsp3) is 0.391. The molecule has 1 aliphatic heterocycles. The minimum absolute atomic E-state index is 0.0721. The summed E-state index contributed by atoms with van der Waals surface area (Å²) >= 11 is 0. The van der Waals surface area contributed by atoms with Crippen LogP contribution in [0.15, 0.2) is 38.9 Å². The van der Waals surface area contributed by atoms with Crippen molar-refractivity contribution in [2.45, 2.75) is 30.7 Å². The molecule has 0 amide bonds. The van der Waals surface area contributed by atoms with E-state index in [0.29, 0.717) is 42.0 Å². The lowest BCUT2D eigenvalue weighted by Crippen LogP contribution is -2.34. The molecular weight excluding hydrogens is 486 g/mol. The van der Waals surface area contributed by atoms with Crippen molar-refractivity contribution in [3.8, 4) is 17.1 Å². The highest BCUT2D eigenvalue weighted by atomic mass is 32.2. The van der Waals surface area contributed by atoms with E-state index in [-0.39, 0.29) is 27.7 Å². The first kappa shape index (κ1) is 24.2. The van der Waals surface area contributed by atoms with Gasteiger partial charge in [-0.1, -0.05) is 6.92 Å². The van der Waals surface area contributed by atoms with Crippen molar-refractivity contribution in [1.82, 2.24) is 34.4 Å². The van der Waals surface area contributed by atoms with Crippen LogP contribution in [-0.2, 0) is 10.0 Å². The predicted molar refractivity (Wildman–Crippen MR) is 135 cm³/mol. The van der Waals surface area contributed by atoms with Crippen molar-refractivity contribution in [2.24, 2.45) is 0 Å². The molecule has 1 saturated heterocycles. The van der Waals surface area contributed by atoms with Crippen LogP contribution in [0.2, 0.25) is 0 Å². The van der Waals surface area contributed by atoms with Crippen LogP contribution in [0.5, 0.6) is 5.75 Å². The van der Waals surface area contributed by atoms with Crippen molar-refractivity contribution >= 4 is 32.0 Å². The molecule has 5 rings (SSSR count). The Kier molecular flexibility index (Phi) is 6.14. The second-order valence-corrected chi connectivity index (χ2v) is 11.0. The molecule has 12 nitrogen and oxygen atoms in total. The number of rotatable bonds is 7. The molecule has 36 heavy (non-hydrogen) atoms. The molecule has 1 aliphatic rings. The average molecular weight is 514 g/mol. The van der Waals surface area contributed by atoms with Gasteiger partial charge in [-0.3, -0.25) is 14.7 Å². The first-order valence-electron chi connectivity index (χ1n) is 11.6. The van der Waals surface area contributed by atoms with Crippen LogP contribution >= 0.6 is 0 Å². The van der Waals surface area contributed by atoms with Crippen molar-refractivity contribution in [3.05, 3.63) is 45.1 Å². The summed E-state index contributed by atoms with van der Waals surface area (Å²) in [4.78, 5) is 37.3. The number of aromatic amines is 3. The second-order valence-electron chi connectivity index (χ2n) is 9.03. The Balaban J connectivity index is 1.67. The number of hydrogen-bond acceptors (Lipinski definition) is 8. The first-order chi connectivity index (χ1) is 17.2. The number of H-pyrrole nitrogens is 3. The highest BCUT2D eigenvalue weighted by Gasteiger charge is 2.34. The minimum Gasteiger partial charge on any atom is -0.493 e. The number of hydrogen-bond donors (Lipinski definition) is 3. The maximum Gasteiger partial charge on any atom is 0.264 e. The van der Waals surface area contributed by atoms with Crippen molar-refractivity contribution in [1.29, 1.82) is 0 Å². The summed E-state index contributed by atoms with van der Waals surface area (Å²) in [5, 5.41) is 6.92. The van der Waals surface area contributed by atoms with Gasteiger partial charge in [0.2, 0.25) is 10.0 Å². The van der Waals surface area contributed by atoms with E-state index < -0.39 is 21.1 Å². The summed E-state index contributed by atoms with van der Waals surface area (Å²) in [6, 6.07) is 4.69. The third-order valence-electron chi connectivity index (χ3n) is 6.44. The van der Waals surface area contributed by atoms with E-state index in [0.717, 1.165) is 12.8 Å². The zero-order chi connectivity index (χ0) is 25.6. The van der Waals surface area contributed by atoms with Crippen molar-refractivity contribution < 1.29 is 13.2 Å². The van der Waals surface area contributed by atoms with Gasteiger partial charge in [-0.05, 0) is 45.1 Å². The number of nitrogens with one attached hydrogen (secondary N) is 3. The molecule has 0 aliphatic carbocycles. The van der Waals surface area contributed by atoms with E-state index in [4.69, 9.17) is 4.74 Å². The van der Waals surface area contributed by atoms with Crippen LogP contribution in [0.4, 0.5) is 0 Å². The van der Waals surface area contributed by atoms with Gasteiger partial charge >= 0.3 is 0 Å². The number of pyridine rings is 1. The molecule has 4 heterocycles. The third kappa shape index (κ3) is 4.08. The summed E-state index contributed by atoms with van der Waals surface area (Å²) in [5.41, 5.74) is -0.458. The lowest BCUT2D eigenvalue weighted by molar-refractivity contribution is 0.302. The van der Waals surface area contributed by atoms with Gasteiger partial charge in [-0.2, -0.15) is 9.40 Å². The minimum atomic E-state index is -3.80. The number of sulfonamides is 1. The Morgan fingerprint density at radius 2 is 1.97 bits per heavy atom. The number of likely N-dealkylation sites (N-methyl/N-ethyl adjacent to an activating group) is 1. The van der Waals surface area contributed by atoms with Gasteiger partial charge in [0, 0.05) is 19.1 Å². The fourth-order valence-electron chi connectivity index (χ4n) is 4.44. The standard InChI is InChI=1S/C23H27N7O5S/c1-4-9-35-17-6-5-14(36(33,34)30-8-7-13(12-30)29(2)3)10-15(17)20-25-19-16-11-24-28-21(16)27-23(32)18(19)22(31)26-20/h5-6,10-11,13H,4,7-9,12H2,1-3H3,(H,25,26,31)(H2,24,27,28,32). The fourth-order valence-corrected chi connectivity index (χ4v) is 5.95. The number of ether oxygens (including phenoxy) is 1. The molecule has 0 bridgehead atoms. The molecule has 13 heteroatoms. The summed E-state index contributed by atoms with van der Waals surface area (Å²) in [6.07, 6.45) is 2.94. The zero-order valence-electron chi connectivity index (χ0n) is 20.2. The molecule has 0 spiro atoms. The lowest BCUT2D eigenvalue weighted by Gasteiger charge is -2.21. The number of benzene rings is 1. The quantitative estimate of drug-likeness (QED) is 0.333. The molecular formula is C23H27N7O5S. The summed E-state index contributed by atoms with van der Waals surface area (Å²) in [7, 11) is 0.0695. The van der Waals surface area contributed by atoms with Crippen molar-refractivity contribution in [2.75, 3.05) is 33.8 Å². The van der Waals surface area contributed by atoms with E-state index in [9.17, 15) is 18.0 Å². The van der Waals surface area contributed by atoms with Crippen LogP contribution in [0.1, 0.15) is 19.8 Å². The lowest BCUT2D eigenvalue weighted by atomic mass is 10.1. The molecule has 0 saturated carbocycles. The Morgan fingerprint density at radius 3 is 2.69 bits per heavy atom. The van der Waals surface area contributed by atoms with E-state index in [1.54, 1.807) is 6.07 Å². The summed E-state index contributed by atoms with van der Waals surface area (Å²) < 4.78 is 34.3. The number of fused-ring (bicyclic) bond motifs is 3. The monoisotopic (exact) mass is 513 g/mol. The molecule has 1 fully saturated rings. The molecule has 190 valence electrons. The smallest absolute Gasteiger partial charge is 0.264 e. The second kappa shape index (κ2) is 9.15. The van der Waals surface area contributed by atoms with E-state index in [1.165, 1.54) is 22.6 Å². The van der Waals surface area contributed by atoms with Crippen LogP contribution in [-0.4, -0.2) is 82.6 Å². The Bertz CT molecular complexity index is 1670. The van der Waals surface area contributed by atoms with Gasteiger partial charge in [0.25, 0.3) is 11.1 Å². The molecule has 1 atom stereocenters. The Morgan fingerprint density at radius 1 is 1.19 bits per heavy atom. The average Bonchev–Trinajstić information content (AvgIpc) is 3.53. The largest absolute Gasteiger partial charge is 0.493 e. The van der Waals surface area contributed by atoms with Crippen LogP contribution in [0.25, 0.3) is 33.3 Å². The van der Waals surface area contributed by atoms with E-state index >= 15 is 0 Å². The van der Waals surface area contributed by atoms with E-state index in [2.05, 4.69) is 25.1 Å². The van der Waals surface area contributed by atoms with Crippen LogP contribution in [0.3, 0.4) is 0 Å². The van der Waals surface area contributed by atoms with E-state index in [1.807, 2.05) is 25.9 Å². The van der Waals surface area contributed by atoms with Gasteiger partial charge in [0.1, 0.15) is 22.6 Å². The summed E-state index contributed by atoms with van der Waals surface area (Å²) in [5.74, 6) is 0.468. The number of nitrogens with zero attached hydrogens (tertiary/aromatic N) is 4. The SMILES string of the molecule is CCCOc1ccc(S(=O)(=O)N2CCC(N(C)C)C2)cc1-c1nc2c(c(=O)[nH]1)c(=O)[nH]c1[nH]ncc12. The molecule has 1 aromatic carbocycles. The van der Waals surface area contributed by atoms with Gasteiger partial charge in [0.15, 0.2) is 0 Å². The molecule has 0 radical (unpaired) electrons. The molecule has 4 aromatic rings. The number of aromatic nitrogens is 5. The molecule has 1 unspecified atom stereocenters. The van der Waals surface area contributed by atoms with Gasteiger partial charge in [-0.15, -0.1) is 0 Å². The topological polar surface area (TPSA) is 157 Å². The predicted octanol–water partition coefficient (Wildman–Crippen LogP) is 1.27. The zero-order valence-corrected chi connectivity index (χ0v) is 21.0. The highest BCUT2D eigenvalue weighted by Crippen LogP contribution is 2.33. The molecule has 3 aromatic heterocycles. The molecule has 3 N–H and O–H groups in total. The third-order valence-corrected chi connectivity index (χ3v) is 8.30. The Labute approximate surface area is 206 Å². The highest BCUT2D eigenvalue weighted by molar-refractivity contribution is 7.89. The van der Waals surface area contributed by atoms with Crippen molar-refractivity contribution in [3.63, 3.8) is 0 Å². The summed E-state index contributed by atoms with van der Waals surface area (Å²) in [6.45, 7) is 3.15. The van der Waals surface area contributed by atoms with Gasteiger partial charge in [-0.25, -0.2) is 13.4 Å².